The van der Waals surface area contributed by atoms with E-state index < -0.39 is 120 Å². The van der Waals surface area contributed by atoms with E-state index in [0.717, 1.165) is 0 Å². The van der Waals surface area contributed by atoms with Gasteiger partial charge in [-0.05, 0) is 14.0 Å². The Labute approximate surface area is 268 Å². The van der Waals surface area contributed by atoms with Crippen LogP contribution in [0.3, 0.4) is 0 Å². The Hall–Kier alpha value is -2.11. The molecule has 0 unspecified atom stereocenters. The van der Waals surface area contributed by atoms with Crippen LogP contribution in [0.15, 0.2) is 4.99 Å². The number of aliphatic hydroxyl groups is 7. The Morgan fingerprint density at radius 1 is 0.978 bits per heavy atom. The van der Waals surface area contributed by atoms with Crippen molar-refractivity contribution in [2.75, 3.05) is 13.7 Å². The summed E-state index contributed by atoms with van der Waals surface area (Å²) in [5.41, 5.74) is 13.8. The fraction of sp³-hybridized carbons (Fsp3) is 0.857. The van der Waals surface area contributed by atoms with Crippen molar-refractivity contribution < 1.29 is 77.0 Å². The molecule has 0 aromatic heterocycles. The summed E-state index contributed by atoms with van der Waals surface area (Å²) in [6.07, 6.45) is -17.3. The molecule has 3 fully saturated rings. The Bertz CT molecular complexity index is 1150. The van der Waals surface area contributed by atoms with Crippen molar-refractivity contribution in [1.29, 1.82) is 5.41 Å². The highest BCUT2D eigenvalue weighted by molar-refractivity contribution is 7.79. The molecule has 0 aromatic rings. The highest BCUT2D eigenvalue weighted by atomic mass is 35.5. The molecule has 1 saturated carbocycles. The third kappa shape index (κ3) is 9.72. The zero-order chi connectivity index (χ0) is 34.6. The van der Waals surface area contributed by atoms with Gasteiger partial charge in [-0.25, -0.2) is 4.99 Å². The molecule has 0 aromatic carbocycles. The number of nitrogens with one attached hydrogen (secondary N) is 3. The third-order valence-corrected chi connectivity index (χ3v) is 7.40. The Kier molecular flexibility index (Phi) is 15.3. The van der Waals surface area contributed by atoms with E-state index in [4.69, 9.17) is 59.1 Å². The minimum atomic E-state index is -4.67. The molecule has 3 aliphatic rings. The highest BCUT2D eigenvalue weighted by Crippen LogP contribution is 2.38. The van der Waals surface area contributed by atoms with E-state index in [0.29, 0.717) is 0 Å². The zero-order valence-electron chi connectivity index (χ0n) is 24.2. The number of aliphatic hydroxyl groups excluding tert-OH is 6. The third-order valence-electron chi connectivity index (χ3n) is 7.40. The van der Waals surface area contributed by atoms with E-state index in [1.807, 2.05) is 0 Å². The first-order chi connectivity index (χ1) is 20.7. The molecule has 3 rings (SSSR count). The number of aliphatic imine (C=N–C) groups is 1. The van der Waals surface area contributed by atoms with Crippen LogP contribution >= 0.6 is 12.4 Å². The predicted molar refractivity (Wildman–Crippen MR) is 154 cm³/mol. The highest BCUT2D eigenvalue weighted by Gasteiger charge is 2.60. The van der Waals surface area contributed by atoms with Gasteiger partial charge in [0, 0.05) is 0 Å². The van der Waals surface area contributed by atoms with Gasteiger partial charge in [0.15, 0.2) is 36.4 Å². The summed E-state index contributed by atoms with van der Waals surface area (Å²) in [5.74, 6) is -1.16. The normalized spacial score (nSPS) is 42.5. The maximum atomic E-state index is 12.1. The van der Waals surface area contributed by atoms with Gasteiger partial charge in [-0.3, -0.25) is 19.3 Å². The van der Waals surface area contributed by atoms with Crippen molar-refractivity contribution >= 4 is 41.0 Å². The van der Waals surface area contributed by atoms with Crippen LogP contribution in [0.2, 0.25) is 0 Å². The number of carbonyl (C=O) groups is 1. The number of likely N-dealkylation sites (N-methyl/N-ethyl adjacent to an activating group) is 1. The Morgan fingerprint density at radius 3 is 2.00 bits per heavy atom. The van der Waals surface area contributed by atoms with Crippen molar-refractivity contribution in [2.45, 2.75) is 98.2 Å². The molecule has 0 amide bonds. The molecule has 2 heterocycles. The molecule has 15 atom stereocenters. The van der Waals surface area contributed by atoms with Gasteiger partial charge in [-0.1, -0.05) is 0 Å². The molecular weight excluding hydrogens is 674 g/mol. The van der Waals surface area contributed by atoms with Crippen LogP contribution in [0.25, 0.3) is 0 Å². The molecule has 46 heavy (non-hydrogen) atoms. The molecule has 25 heteroatoms. The van der Waals surface area contributed by atoms with Gasteiger partial charge in [0.2, 0.25) is 0 Å². The smallest absolute Gasteiger partial charge is 0.394 e. The number of carbonyl (C=O) groups excluding carboxylic acids is 1. The summed E-state index contributed by atoms with van der Waals surface area (Å²) in [6, 6.07) is -4.02. The van der Waals surface area contributed by atoms with Crippen molar-refractivity contribution in [2.24, 2.45) is 22.2 Å². The van der Waals surface area contributed by atoms with Crippen LogP contribution in [0.1, 0.15) is 6.92 Å². The van der Waals surface area contributed by atoms with Gasteiger partial charge in [-0.15, -0.1) is 12.4 Å². The molecule has 2 aliphatic heterocycles. The lowest BCUT2D eigenvalue weighted by molar-refractivity contribution is -0.314. The van der Waals surface area contributed by atoms with Gasteiger partial charge in [-0.2, -0.15) is 8.42 Å². The van der Waals surface area contributed by atoms with Crippen LogP contribution in [0.4, 0.5) is 0 Å². The van der Waals surface area contributed by atoms with Gasteiger partial charge >= 0.3 is 10.4 Å². The summed E-state index contributed by atoms with van der Waals surface area (Å²) in [7, 11) is -3.25. The second-order valence-corrected chi connectivity index (χ2v) is 11.3. The van der Waals surface area contributed by atoms with E-state index in [1.54, 1.807) is 0 Å². The quantitative estimate of drug-likeness (QED) is 0.0456. The largest absolute Gasteiger partial charge is 0.394 e. The minimum absolute atomic E-state index is 0. The van der Waals surface area contributed by atoms with Gasteiger partial charge in [0.1, 0.15) is 54.9 Å². The van der Waals surface area contributed by atoms with Crippen LogP contribution in [0.5, 0.6) is 0 Å². The SMILES string of the molecule is CN[C@@H]1[C@H](O[C@H]2[C@H](O[C@H]3[C@H](O)[C@@H](O)[C@H](N=C(N)N)[C@@H](O)[C@@H]3NC(=N)N)O[C@@H](C)[C@]2(O)C=O)O[C@@H](CO)[C@H](O)[C@H]1O.Cl.O=S(=O)(O)O. The van der Waals surface area contributed by atoms with Crippen LogP contribution in [0, 0.1) is 5.41 Å². The average Bonchev–Trinajstić information content (AvgIpc) is 3.16. The van der Waals surface area contributed by atoms with E-state index in [1.165, 1.54) is 14.0 Å². The second kappa shape index (κ2) is 16.8. The number of ether oxygens (including phenoxy) is 4. The van der Waals surface area contributed by atoms with Crippen LogP contribution in [-0.2, 0) is 34.1 Å². The standard InChI is InChI=1S/C21H39N7O12.ClH.H2O4S/c1-5-21(36,4-30)16(40-17-9(26-2)13(34)10(31)6(3-29)38-17)18(37-5)39-15-8(28-20(24)25)11(32)7(27-19(22)23)12(33)14(15)35;;1-5(2,3)4/h4-18,26,29,31-36H,3H2,1-2H3,(H4,22,23,27)(H4,24,25,28);1H;(H2,1,2,3,4)/t5-,6-,7+,8-,9-,10-,11+,12-,13-,14+,15+,16-,17-,18-,21+;;/m0../s1. The average molecular weight is 716 g/mol. The van der Waals surface area contributed by atoms with Gasteiger partial charge in [0.05, 0.1) is 24.8 Å². The van der Waals surface area contributed by atoms with E-state index in [-0.39, 0.29) is 18.7 Å². The lowest BCUT2D eigenvalue weighted by Crippen LogP contribution is -2.70. The van der Waals surface area contributed by atoms with Crippen molar-refractivity contribution in [3.8, 4) is 0 Å². The molecule has 0 spiro atoms. The van der Waals surface area contributed by atoms with E-state index in [9.17, 15) is 40.5 Å². The molecule has 0 radical (unpaired) electrons. The fourth-order valence-corrected chi connectivity index (χ4v) is 5.13. The zero-order valence-corrected chi connectivity index (χ0v) is 25.9. The summed E-state index contributed by atoms with van der Waals surface area (Å²) >= 11 is 0. The number of hydrogen-bond donors (Lipinski definition) is 15. The monoisotopic (exact) mass is 715 g/mol. The lowest BCUT2D eigenvalue weighted by Gasteiger charge is -2.46. The van der Waals surface area contributed by atoms with Crippen molar-refractivity contribution in [3.05, 3.63) is 0 Å². The molecule has 0 bridgehead atoms. The van der Waals surface area contributed by atoms with Crippen molar-refractivity contribution in [1.82, 2.24) is 10.6 Å². The lowest BCUT2D eigenvalue weighted by atomic mass is 9.81. The summed E-state index contributed by atoms with van der Waals surface area (Å²) < 4.78 is 54.5. The van der Waals surface area contributed by atoms with Gasteiger partial charge < -0.3 is 82.5 Å². The number of guanidine groups is 2. The fourth-order valence-electron chi connectivity index (χ4n) is 5.13. The summed E-state index contributed by atoms with van der Waals surface area (Å²) in [4.78, 5) is 15.8. The number of rotatable bonds is 9. The predicted octanol–water partition coefficient (Wildman–Crippen LogP) is -8.18. The van der Waals surface area contributed by atoms with Crippen LogP contribution < -0.4 is 27.8 Å². The minimum Gasteiger partial charge on any atom is -0.394 e. The number of halogens is 1. The summed E-state index contributed by atoms with van der Waals surface area (Å²) in [6.45, 7) is 0.616. The molecular formula is C21H42ClN7O16S. The van der Waals surface area contributed by atoms with Crippen molar-refractivity contribution in [3.63, 3.8) is 0 Å². The van der Waals surface area contributed by atoms with E-state index in [2.05, 4.69) is 15.6 Å². The molecule has 1 aliphatic carbocycles. The van der Waals surface area contributed by atoms with Gasteiger partial charge in [0.25, 0.3) is 0 Å². The van der Waals surface area contributed by atoms with Crippen LogP contribution in [-0.4, -0.2) is 176 Å². The number of hydrogen-bond acceptors (Lipinski definition) is 17. The maximum Gasteiger partial charge on any atom is 0.394 e. The molecule has 23 nitrogen and oxygen atoms in total. The molecule has 18 N–H and O–H groups in total. The first kappa shape index (κ1) is 41.9. The van der Waals surface area contributed by atoms with E-state index >= 15 is 0 Å². The summed E-state index contributed by atoms with van der Waals surface area (Å²) in [5, 5.41) is 86.6. The first-order valence-corrected chi connectivity index (χ1v) is 14.5. The number of nitrogens with zero attached hydrogens (tertiary/aromatic N) is 1. The Morgan fingerprint density at radius 2 is 1.54 bits per heavy atom. The topological polar surface area (TPSA) is 409 Å². The molecule has 270 valence electrons. The first-order valence-electron chi connectivity index (χ1n) is 13.1. The number of nitrogens with two attached hydrogens (primary N) is 3. The number of aldehydes is 1. The maximum absolute atomic E-state index is 12.1. The molecule has 2 saturated heterocycles. The Balaban J connectivity index is 0.00000163. The second-order valence-electron chi connectivity index (χ2n) is 10.4.